The molecule has 114 valence electrons. The predicted octanol–water partition coefficient (Wildman–Crippen LogP) is 3.49. The van der Waals surface area contributed by atoms with Crippen molar-refractivity contribution in [2.45, 2.75) is 71.4 Å². The van der Waals surface area contributed by atoms with Crippen LogP contribution in [0.3, 0.4) is 0 Å². The lowest BCUT2D eigenvalue weighted by Crippen LogP contribution is -2.45. The van der Waals surface area contributed by atoms with Crippen molar-refractivity contribution < 1.29 is 18.9 Å². The van der Waals surface area contributed by atoms with Gasteiger partial charge in [0.05, 0.1) is 26.4 Å². The van der Waals surface area contributed by atoms with E-state index >= 15 is 0 Å². The van der Waals surface area contributed by atoms with E-state index in [9.17, 15) is 0 Å². The maximum absolute atomic E-state index is 5.92. The molecule has 0 N–H and O–H groups in total. The lowest BCUT2D eigenvalue weighted by atomic mass is 10.3. The van der Waals surface area contributed by atoms with E-state index in [0.717, 1.165) is 38.5 Å². The molecule has 0 aromatic heterocycles. The highest BCUT2D eigenvalue weighted by Gasteiger charge is 2.51. The second kappa shape index (κ2) is 9.70. The standard InChI is InChI=1S/C15H30O4/c1-4-7-10-17-15(14-13-16-14,18-11-8-5-2)19-12-9-6-3/h14H,4-13H2,1-3H3. The highest BCUT2D eigenvalue weighted by Crippen LogP contribution is 2.32. The molecule has 1 aliphatic heterocycles. The third kappa shape index (κ3) is 6.21. The second-order valence-electron chi connectivity index (χ2n) is 5.03. The van der Waals surface area contributed by atoms with E-state index in [1.165, 1.54) is 0 Å². The Kier molecular flexibility index (Phi) is 8.62. The van der Waals surface area contributed by atoms with Gasteiger partial charge in [0.25, 0.3) is 0 Å². The van der Waals surface area contributed by atoms with Crippen molar-refractivity contribution in [2.24, 2.45) is 0 Å². The lowest BCUT2D eigenvalue weighted by Gasteiger charge is -2.32. The molecule has 0 spiro atoms. The summed E-state index contributed by atoms with van der Waals surface area (Å²) in [6, 6.07) is 0. The molecule has 1 fully saturated rings. The van der Waals surface area contributed by atoms with Crippen LogP contribution in [-0.2, 0) is 18.9 Å². The zero-order valence-corrected chi connectivity index (χ0v) is 12.8. The Labute approximate surface area is 117 Å². The fourth-order valence-electron chi connectivity index (χ4n) is 1.73. The SMILES string of the molecule is CCCCOC(OCCCC)(OCCCC)C1CO1. The highest BCUT2D eigenvalue weighted by molar-refractivity contribution is 4.82. The summed E-state index contributed by atoms with van der Waals surface area (Å²) >= 11 is 0. The zero-order valence-electron chi connectivity index (χ0n) is 12.8. The van der Waals surface area contributed by atoms with Gasteiger partial charge in [0.2, 0.25) is 0 Å². The third-order valence-electron chi connectivity index (χ3n) is 3.13. The number of epoxide rings is 1. The van der Waals surface area contributed by atoms with Crippen molar-refractivity contribution in [2.75, 3.05) is 26.4 Å². The first kappa shape index (κ1) is 16.9. The summed E-state index contributed by atoms with van der Waals surface area (Å²) < 4.78 is 23.1. The topological polar surface area (TPSA) is 40.2 Å². The monoisotopic (exact) mass is 274 g/mol. The van der Waals surface area contributed by atoms with Crippen LogP contribution in [0.25, 0.3) is 0 Å². The summed E-state index contributed by atoms with van der Waals surface area (Å²) in [6.45, 7) is 9.10. The van der Waals surface area contributed by atoms with E-state index in [-0.39, 0.29) is 6.10 Å². The van der Waals surface area contributed by atoms with E-state index in [2.05, 4.69) is 20.8 Å². The predicted molar refractivity (Wildman–Crippen MR) is 75.1 cm³/mol. The van der Waals surface area contributed by atoms with E-state index in [1.807, 2.05) is 0 Å². The van der Waals surface area contributed by atoms with Crippen molar-refractivity contribution in [3.63, 3.8) is 0 Å². The van der Waals surface area contributed by atoms with Crippen molar-refractivity contribution in [3.8, 4) is 0 Å². The molecule has 0 aliphatic carbocycles. The Morgan fingerprint density at radius 2 is 1.21 bits per heavy atom. The number of hydrogen-bond acceptors (Lipinski definition) is 4. The molecule has 1 heterocycles. The molecule has 1 rings (SSSR count). The molecular weight excluding hydrogens is 244 g/mol. The number of hydrogen-bond donors (Lipinski definition) is 0. The summed E-state index contributed by atoms with van der Waals surface area (Å²) in [4.78, 5) is 0. The van der Waals surface area contributed by atoms with Gasteiger partial charge in [-0.3, -0.25) is 0 Å². The van der Waals surface area contributed by atoms with Crippen LogP contribution in [-0.4, -0.2) is 38.5 Å². The van der Waals surface area contributed by atoms with Crippen LogP contribution in [0.1, 0.15) is 59.3 Å². The minimum absolute atomic E-state index is 0.0573. The van der Waals surface area contributed by atoms with Gasteiger partial charge in [0.1, 0.15) is 0 Å². The van der Waals surface area contributed by atoms with Crippen molar-refractivity contribution in [3.05, 3.63) is 0 Å². The van der Waals surface area contributed by atoms with Gasteiger partial charge in [0.15, 0.2) is 6.10 Å². The minimum atomic E-state index is -0.959. The van der Waals surface area contributed by atoms with Crippen LogP contribution in [0.15, 0.2) is 0 Å². The molecule has 0 saturated carbocycles. The van der Waals surface area contributed by atoms with Crippen LogP contribution in [0.2, 0.25) is 0 Å². The average Bonchev–Trinajstić information content (AvgIpc) is 3.23. The Hall–Kier alpha value is -0.160. The fraction of sp³-hybridized carbons (Fsp3) is 1.00. The number of unbranched alkanes of at least 4 members (excludes halogenated alkanes) is 3. The molecule has 0 aromatic rings. The van der Waals surface area contributed by atoms with Crippen molar-refractivity contribution in [1.82, 2.24) is 0 Å². The quantitative estimate of drug-likeness (QED) is 0.293. The number of rotatable bonds is 13. The van der Waals surface area contributed by atoms with E-state index in [1.54, 1.807) is 0 Å². The first-order chi connectivity index (χ1) is 9.29. The number of ether oxygens (including phenoxy) is 4. The van der Waals surface area contributed by atoms with Gasteiger partial charge >= 0.3 is 5.97 Å². The van der Waals surface area contributed by atoms with Gasteiger partial charge in [-0.05, 0) is 19.3 Å². The zero-order chi connectivity index (χ0) is 14.0. The van der Waals surface area contributed by atoms with Crippen LogP contribution < -0.4 is 0 Å². The summed E-state index contributed by atoms with van der Waals surface area (Å²) in [7, 11) is 0. The first-order valence-electron chi connectivity index (χ1n) is 7.82. The first-order valence-corrected chi connectivity index (χ1v) is 7.82. The summed E-state index contributed by atoms with van der Waals surface area (Å²) in [6.07, 6.45) is 6.30. The molecule has 4 nitrogen and oxygen atoms in total. The molecule has 1 aliphatic rings. The molecule has 0 amide bonds. The highest BCUT2D eigenvalue weighted by atomic mass is 16.9. The fourth-order valence-corrected chi connectivity index (χ4v) is 1.73. The van der Waals surface area contributed by atoms with E-state index in [0.29, 0.717) is 26.4 Å². The molecule has 0 aromatic carbocycles. The largest absolute Gasteiger partial charge is 0.364 e. The van der Waals surface area contributed by atoms with Gasteiger partial charge in [0, 0.05) is 0 Å². The molecule has 19 heavy (non-hydrogen) atoms. The second-order valence-corrected chi connectivity index (χ2v) is 5.03. The summed E-state index contributed by atoms with van der Waals surface area (Å²) in [5, 5.41) is 0. The van der Waals surface area contributed by atoms with Crippen molar-refractivity contribution in [1.29, 1.82) is 0 Å². The van der Waals surface area contributed by atoms with Gasteiger partial charge in [-0.2, -0.15) is 0 Å². The van der Waals surface area contributed by atoms with E-state index < -0.39 is 5.97 Å². The Bertz CT molecular complexity index is 190. The van der Waals surface area contributed by atoms with Crippen LogP contribution in [0.4, 0.5) is 0 Å². The summed E-state index contributed by atoms with van der Waals surface area (Å²) in [5.41, 5.74) is 0. The minimum Gasteiger partial charge on any atom is -0.364 e. The normalized spacial score (nSPS) is 18.8. The van der Waals surface area contributed by atoms with Crippen molar-refractivity contribution >= 4 is 0 Å². The average molecular weight is 274 g/mol. The molecule has 0 bridgehead atoms. The van der Waals surface area contributed by atoms with E-state index in [4.69, 9.17) is 18.9 Å². The maximum Gasteiger partial charge on any atom is 0.313 e. The molecule has 1 atom stereocenters. The van der Waals surface area contributed by atoms with Gasteiger partial charge in [-0.15, -0.1) is 0 Å². The molecule has 0 radical (unpaired) electrons. The van der Waals surface area contributed by atoms with Gasteiger partial charge in [-0.1, -0.05) is 40.0 Å². The Morgan fingerprint density at radius 3 is 1.47 bits per heavy atom. The van der Waals surface area contributed by atoms with Crippen LogP contribution >= 0.6 is 0 Å². The Morgan fingerprint density at radius 1 is 0.842 bits per heavy atom. The van der Waals surface area contributed by atoms with Crippen LogP contribution in [0.5, 0.6) is 0 Å². The van der Waals surface area contributed by atoms with Gasteiger partial charge < -0.3 is 18.9 Å². The third-order valence-corrected chi connectivity index (χ3v) is 3.13. The summed E-state index contributed by atoms with van der Waals surface area (Å²) in [5.74, 6) is -0.959. The molecular formula is C15H30O4. The molecule has 1 saturated heterocycles. The lowest BCUT2D eigenvalue weighted by molar-refractivity contribution is -0.388. The smallest absolute Gasteiger partial charge is 0.313 e. The maximum atomic E-state index is 5.92. The molecule has 4 heteroatoms. The van der Waals surface area contributed by atoms with Crippen LogP contribution in [0, 0.1) is 0 Å². The Balaban J connectivity index is 2.49. The van der Waals surface area contributed by atoms with Gasteiger partial charge in [-0.25, -0.2) is 0 Å². The molecule has 1 unspecified atom stereocenters.